The molecule has 0 spiro atoms. The van der Waals surface area contributed by atoms with Crippen molar-refractivity contribution in [3.8, 4) is 0 Å². The minimum absolute atomic E-state index is 0.198. The second kappa shape index (κ2) is 5.55. The van der Waals surface area contributed by atoms with E-state index in [0.29, 0.717) is 10.6 Å². The summed E-state index contributed by atoms with van der Waals surface area (Å²) in [5, 5.41) is 9.09. The Morgan fingerprint density at radius 1 is 1.33 bits per heavy atom. The number of carboxylic acid groups (broad SMARTS) is 1. The van der Waals surface area contributed by atoms with Crippen LogP contribution < -0.4 is 5.73 Å². The van der Waals surface area contributed by atoms with Crippen LogP contribution in [-0.2, 0) is 5.75 Å². The van der Waals surface area contributed by atoms with Crippen LogP contribution >= 0.6 is 11.8 Å². The number of hydrogen-bond donors (Lipinski definition) is 2. The van der Waals surface area contributed by atoms with E-state index in [2.05, 4.69) is 4.98 Å². The number of nitrogens with two attached hydrogens (primary N) is 1. The van der Waals surface area contributed by atoms with Gasteiger partial charge < -0.3 is 10.8 Å². The average Bonchev–Trinajstić information content (AvgIpc) is 2.38. The number of rotatable bonds is 4. The number of nitrogens with zero attached hydrogens (tertiary/aromatic N) is 1. The molecule has 0 saturated carbocycles. The van der Waals surface area contributed by atoms with E-state index >= 15 is 0 Å². The fraction of sp³-hybridized carbons (Fsp3) is 0.0769. The number of anilines is 1. The average molecular weight is 260 g/mol. The number of hydrogen-bond acceptors (Lipinski definition) is 4. The maximum absolute atomic E-state index is 11.1. The summed E-state index contributed by atoms with van der Waals surface area (Å²) >= 11 is 1.44. The minimum Gasteiger partial charge on any atom is -0.478 e. The molecule has 0 saturated heterocycles. The van der Waals surface area contributed by atoms with E-state index in [4.69, 9.17) is 10.8 Å². The molecule has 0 amide bonds. The van der Waals surface area contributed by atoms with Crippen LogP contribution in [0.5, 0.6) is 0 Å². The second-order valence-electron chi connectivity index (χ2n) is 3.68. The van der Waals surface area contributed by atoms with Crippen molar-refractivity contribution in [2.75, 3.05) is 5.73 Å². The molecule has 0 bridgehead atoms. The summed E-state index contributed by atoms with van der Waals surface area (Å²) in [6.07, 6.45) is 1.51. The van der Waals surface area contributed by atoms with Crippen molar-refractivity contribution >= 4 is 23.5 Å². The number of nitrogen functional groups attached to an aromatic ring is 1. The summed E-state index contributed by atoms with van der Waals surface area (Å²) in [4.78, 5) is 15.6. The normalized spacial score (nSPS) is 10.2. The number of carbonyl (C=O) groups is 1. The zero-order chi connectivity index (χ0) is 13.0. The van der Waals surface area contributed by atoms with Gasteiger partial charge in [0.2, 0.25) is 0 Å². The van der Waals surface area contributed by atoms with E-state index < -0.39 is 5.97 Å². The Hall–Kier alpha value is -2.01. The van der Waals surface area contributed by atoms with Crippen LogP contribution in [-0.4, -0.2) is 16.1 Å². The minimum atomic E-state index is -0.986. The molecule has 0 aliphatic carbocycles. The first-order chi connectivity index (χ1) is 8.66. The van der Waals surface area contributed by atoms with E-state index in [1.165, 1.54) is 24.0 Å². The van der Waals surface area contributed by atoms with E-state index in [-0.39, 0.29) is 11.4 Å². The Bertz CT molecular complexity index is 558. The Balaban J connectivity index is 2.17. The van der Waals surface area contributed by atoms with Crippen LogP contribution in [0.1, 0.15) is 15.9 Å². The lowest BCUT2D eigenvalue weighted by atomic mass is 10.2. The van der Waals surface area contributed by atoms with Gasteiger partial charge in [-0.3, -0.25) is 0 Å². The zero-order valence-electron chi connectivity index (χ0n) is 9.54. The third-order valence-corrected chi connectivity index (χ3v) is 3.47. The number of benzene rings is 1. The third-order valence-electron chi connectivity index (χ3n) is 2.36. The van der Waals surface area contributed by atoms with Gasteiger partial charge in [-0.2, -0.15) is 0 Å². The lowest BCUT2D eigenvalue weighted by molar-refractivity contribution is 0.0693. The second-order valence-corrected chi connectivity index (χ2v) is 4.70. The van der Waals surface area contributed by atoms with Crippen LogP contribution in [0.4, 0.5) is 5.82 Å². The van der Waals surface area contributed by atoms with E-state index in [1.54, 1.807) is 0 Å². The first-order valence-electron chi connectivity index (χ1n) is 5.32. The molecule has 0 aliphatic rings. The molecular weight excluding hydrogens is 248 g/mol. The van der Waals surface area contributed by atoms with Crippen molar-refractivity contribution in [1.82, 2.24) is 4.98 Å². The van der Waals surface area contributed by atoms with Crippen LogP contribution in [0.3, 0.4) is 0 Å². The highest BCUT2D eigenvalue weighted by atomic mass is 32.2. The van der Waals surface area contributed by atoms with Crippen LogP contribution in [0.25, 0.3) is 0 Å². The number of aromatic nitrogens is 1. The highest BCUT2D eigenvalue weighted by Gasteiger charge is 2.11. The molecule has 1 heterocycles. The van der Waals surface area contributed by atoms with Gasteiger partial charge in [0.1, 0.15) is 5.82 Å². The quantitative estimate of drug-likeness (QED) is 0.826. The summed E-state index contributed by atoms with van der Waals surface area (Å²) < 4.78 is 0. The number of thioether (sulfide) groups is 1. The van der Waals surface area contributed by atoms with Gasteiger partial charge in [0, 0.05) is 16.8 Å². The maximum Gasteiger partial charge on any atom is 0.337 e. The fourth-order valence-corrected chi connectivity index (χ4v) is 2.42. The summed E-state index contributed by atoms with van der Waals surface area (Å²) in [6, 6.07) is 11.2. The Kier molecular flexibility index (Phi) is 3.84. The standard InChI is InChI=1S/C13H12N2O2S/c14-12-6-10(13(16)17)11(7-15-12)18-8-9-4-2-1-3-5-9/h1-7H,8H2,(H2,14,15)(H,16,17). The summed E-state index contributed by atoms with van der Waals surface area (Å²) in [7, 11) is 0. The molecule has 18 heavy (non-hydrogen) atoms. The van der Waals surface area contributed by atoms with E-state index in [9.17, 15) is 4.79 Å². The molecule has 4 nitrogen and oxygen atoms in total. The number of aromatic carboxylic acids is 1. The summed E-state index contributed by atoms with van der Waals surface area (Å²) in [5.41, 5.74) is 6.82. The first kappa shape index (κ1) is 12.4. The van der Waals surface area contributed by atoms with Gasteiger partial charge in [0.05, 0.1) is 5.56 Å². The maximum atomic E-state index is 11.1. The highest BCUT2D eigenvalue weighted by molar-refractivity contribution is 7.98. The predicted octanol–water partition coefficient (Wildman–Crippen LogP) is 2.65. The molecule has 0 fully saturated rings. The molecule has 3 N–H and O–H groups in total. The third kappa shape index (κ3) is 3.01. The lowest BCUT2D eigenvalue weighted by Gasteiger charge is -2.06. The zero-order valence-corrected chi connectivity index (χ0v) is 10.4. The largest absolute Gasteiger partial charge is 0.478 e. The summed E-state index contributed by atoms with van der Waals surface area (Å²) in [5.74, 6) is -0.0664. The Labute approximate surface area is 109 Å². The van der Waals surface area contributed by atoms with Crippen molar-refractivity contribution in [1.29, 1.82) is 0 Å². The smallest absolute Gasteiger partial charge is 0.337 e. The van der Waals surface area contributed by atoms with Gasteiger partial charge in [-0.25, -0.2) is 9.78 Å². The summed E-state index contributed by atoms with van der Waals surface area (Å²) in [6.45, 7) is 0. The van der Waals surface area contributed by atoms with E-state index in [0.717, 1.165) is 5.56 Å². The molecule has 2 rings (SSSR count). The molecule has 2 aromatic rings. The molecule has 0 atom stereocenters. The fourth-order valence-electron chi connectivity index (χ4n) is 1.48. The molecule has 0 unspecified atom stereocenters. The lowest BCUT2D eigenvalue weighted by Crippen LogP contribution is -2.02. The molecule has 0 aliphatic heterocycles. The molecule has 0 radical (unpaired) electrons. The van der Waals surface area contributed by atoms with Gasteiger partial charge in [0.25, 0.3) is 0 Å². The van der Waals surface area contributed by atoms with Crippen LogP contribution in [0.15, 0.2) is 47.5 Å². The van der Waals surface area contributed by atoms with Crippen molar-refractivity contribution in [2.24, 2.45) is 0 Å². The Morgan fingerprint density at radius 3 is 2.72 bits per heavy atom. The SMILES string of the molecule is Nc1cc(C(=O)O)c(SCc2ccccc2)cn1. The number of pyridine rings is 1. The van der Waals surface area contributed by atoms with Crippen molar-refractivity contribution in [2.45, 2.75) is 10.6 Å². The molecular formula is C13H12N2O2S. The number of carboxylic acids is 1. The molecule has 92 valence electrons. The van der Waals surface area contributed by atoms with Crippen molar-refractivity contribution in [3.05, 3.63) is 53.7 Å². The monoisotopic (exact) mass is 260 g/mol. The van der Waals surface area contributed by atoms with E-state index in [1.807, 2.05) is 30.3 Å². The topological polar surface area (TPSA) is 76.2 Å². The Morgan fingerprint density at radius 2 is 2.06 bits per heavy atom. The van der Waals surface area contributed by atoms with Crippen LogP contribution in [0.2, 0.25) is 0 Å². The predicted molar refractivity (Wildman–Crippen MR) is 71.6 cm³/mol. The van der Waals surface area contributed by atoms with Gasteiger partial charge in [-0.1, -0.05) is 30.3 Å². The highest BCUT2D eigenvalue weighted by Crippen LogP contribution is 2.26. The molecule has 5 heteroatoms. The molecule has 1 aromatic heterocycles. The van der Waals surface area contributed by atoms with Crippen molar-refractivity contribution < 1.29 is 9.90 Å². The molecule has 1 aromatic carbocycles. The van der Waals surface area contributed by atoms with Gasteiger partial charge >= 0.3 is 5.97 Å². The first-order valence-corrected chi connectivity index (χ1v) is 6.31. The van der Waals surface area contributed by atoms with Gasteiger partial charge in [-0.05, 0) is 11.6 Å². The van der Waals surface area contributed by atoms with Crippen molar-refractivity contribution in [3.63, 3.8) is 0 Å². The van der Waals surface area contributed by atoms with Crippen LogP contribution in [0, 0.1) is 0 Å². The van der Waals surface area contributed by atoms with Gasteiger partial charge in [0.15, 0.2) is 0 Å². The van der Waals surface area contributed by atoms with Gasteiger partial charge in [-0.15, -0.1) is 11.8 Å².